The Morgan fingerprint density at radius 3 is 2.30 bits per heavy atom. The fraction of sp³-hybridized carbons (Fsp3) is 0.167. The molecule has 0 aliphatic heterocycles. The zero-order chi connectivity index (χ0) is 19.6. The number of amides is 1. The summed E-state index contributed by atoms with van der Waals surface area (Å²) < 4.78 is 33.1. The number of hydrogen-bond acceptors (Lipinski definition) is 6. The lowest BCUT2D eigenvalue weighted by atomic mass is 10.1. The van der Waals surface area contributed by atoms with Crippen LogP contribution in [-0.2, 0) is 14.8 Å². The molecule has 0 saturated heterocycles. The molecule has 1 heterocycles. The summed E-state index contributed by atoms with van der Waals surface area (Å²) in [4.78, 5) is 15.3. The van der Waals surface area contributed by atoms with Gasteiger partial charge in [0, 0.05) is 30.8 Å². The molecule has 2 N–H and O–H groups in total. The smallest absolute Gasteiger partial charge is 0.262 e. The van der Waals surface area contributed by atoms with Gasteiger partial charge >= 0.3 is 0 Å². The van der Waals surface area contributed by atoms with E-state index in [-0.39, 0.29) is 10.8 Å². The van der Waals surface area contributed by atoms with Crippen LogP contribution >= 0.6 is 0 Å². The highest BCUT2D eigenvalue weighted by Gasteiger charge is 2.19. The van der Waals surface area contributed by atoms with Crippen molar-refractivity contribution in [2.24, 2.45) is 0 Å². The number of carbonyl (C=O) groups is 1. The molecule has 0 saturated carbocycles. The van der Waals surface area contributed by atoms with E-state index < -0.39 is 10.0 Å². The summed E-state index contributed by atoms with van der Waals surface area (Å²) >= 11 is 0. The number of nitrogens with one attached hydrogen (secondary N) is 2. The zero-order valence-electron chi connectivity index (χ0n) is 15.0. The Balaban J connectivity index is 1.89. The highest BCUT2D eigenvalue weighted by Crippen LogP contribution is 2.25. The van der Waals surface area contributed by atoms with Gasteiger partial charge in [0.15, 0.2) is 0 Å². The lowest BCUT2D eigenvalue weighted by Gasteiger charge is -2.12. The van der Waals surface area contributed by atoms with E-state index >= 15 is 0 Å². The standard InChI is InChI=1S/C18H18N4O4S/c1-11-4-5-14(18-20-13(3)26-21-18)10-17(11)27(24,25)22-16-8-6-15(7-9-16)19-12(2)23/h4-10,22H,1-3H3,(H,19,23). The number of nitrogens with zero attached hydrogens (tertiary/aromatic N) is 2. The monoisotopic (exact) mass is 386 g/mol. The van der Waals surface area contributed by atoms with Crippen LogP contribution in [0.4, 0.5) is 11.4 Å². The molecule has 0 spiro atoms. The molecule has 1 aromatic heterocycles. The lowest BCUT2D eigenvalue weighted by Crippen LogP contribution is -2.14. The first-order valence-electron chi connectivity index (χ1n) is 8.06. The van der Waals surface area contributed by atoms with Crippen LogP contribution in [0.3, 0.4) is 0 Å². The van der Waals surface area contributed by atoms with Gasteiger partial charge in [0.2, 0.25) is 17.6 Å². The maximum Gasteiger partial charge on any atom is 0.262 e. The number of hydrogen-bond donors (Lipinski definition) is 2. The Bertz CT molecular complexity index is 1090. The van der Waals surface area contributed by atoms with Crippen LogP contribution in [-0.4, -0.2) is 24.5 Å². The van der Waals surface area contributed by atoms with Crippen molar-refractivity contribution in [1.29, 1.82) is 0 Å². The fourth-order valence-electron chi connectivity index (χ4n) is 2.48. The third-order valence-corrected chi connectivity index (χ3v) is 5.24. The maximum atomic E-state index is 12.8. The second-order valence-electron chi connectivity index (χ2n) is 5.98. The third kappa shape index (κ3) is 4.32. The molecule has 9 heteroatoms. The van der Waals surface area contributed by atoms with Gasteiger partial charge in [-0.15, -0.1) is 0 Å². The molecule has 0 aliphatic carbocycles. The lowest BCUT2D eigenvalue weighted by molar-refractivity contribution is -0.114. The molecule has 3 rings (SSSR count). The second kappa shape index (κ2) is 7.20. The Labute approximate surface area is 156 Å². The summed E-state index contributed by atoms with van der Waals surface area (Å²) in [5.41, 5.74) is 2.08. The molecule has 0 bridgehead atoms. The van der Waals surface area contributed by atoms with E-state index in [1.807, 2.05) is 0 Å². The highest BCUT2D eigenvalue weighted by molar-refractivity contribution is 7.92. The first-order chi connectivity index (χ1) is 12.7. The molecule has 0 radical (unpaired) electrons. The third-order valence-electron chi connectivity index (χ3n) is 3.72. The van der Waals surface area contributed by atoms with Crippen LogP contribution in [0.15, 0.2) is 51.9 Å². The fourth-order valence-corrected chi connectivity index (χ4v) is 3.81. The van der Waals surface area contributed by atoms with Crippen LogP contribution < -0.4 is 10.0 Å². The Hall–Kier alpha value is -3.20. The number of carbonyl (C=O) groups excluding carboxylic acids is 1. The predicted octanol–water partition coefficient (Wildman–Crippen LogP) is 3.11. The molecule has 0 unspecified atom stereocenters. The summed E-state index contributed by atoms with van der Waals surface area (Å²) in [6, 6.07) is 11.3. The van der Waals surface area contributed by atoms with Gasteiger partial charge in [-0.2, -0.15) is 4.98 Å². The van der Waals surface area contributed by atoms with Gasteiger partial charge in [-0.05, 0) is 42.8 Å². The Morgan fingerprint density at radius 2 is 1.70 bits per heavy atom. The van der Waals surface area contributed by atoms with Crippen molar-refractivity contribution in [2.75, 3.05) is 10.0 Å². The van der Waals surface area contributed by atoms with Crippen molar-refractivity contribution in [1.82, 2.24) is 10.1 Å². The van der Waals surface area contributed by atoms with Gasteiger partial charge in [-0.3, -0.25) is 9.52 Å². The molecular formula is C18H18N4O4S. The summed E-state index contributed by atoms with van der Waals surface area (Å²) in [5, 5.41) is 6.44. The SMILES string of the molecule is CC(=O)Nc1ccc(NS(=O)(=O)c2cc(-c3noc(C)n3)ccc2C)cc1. The normalized spacial score (nSPS) is 11.2. The van der Waals surface area contributed by atoms with Gasteiger partial charge in [0.05, 0.1) is 4.90 Å². The summed E-state index contributed by atoms with van der Waals surface area (Å²) in [6.07, 6.45) is 0. The number of sulfonamides is 1. The zero-order valence-corrected chi connectivity index (χ0v) is 15.8. The molecule has 3 aromatic rings. The first kappa shape index (κ1) is 18.6. The highest BCUT2D eigenvalue weighted by atomic mass is 32.2. The van der Waals surface area contributed by atoms with Crippen molar-refractivity contribution in [3.8, 4) is 11.4 Å². The Morgan fingerprint density at radius 1 is 1.04 bits per heavy atom. The summed E-state index contributed by atoms with van der Waals surface area (Å²) in [7, 11) is -3.83. The van der Waals surface area contributed by atoms with Crippen molar-refractivity contribution >= 4 is 27.3 Å². The molecule has 27 heavy (non-hydrogen) atoms. The van der Waals surface area contributed by atoms with Crippen LogP contribution in [0.2, 0.25) is 0 Å². The molecule has 1 amide bonds. The van der Waals surface area contributed by atoms with Gasteiger partial charge in [0.1, 0.15) is 0 Å². The topological polar surface area (TPSA) is 114 Å². The van der Waals surface area contributed by atoms with E-state index in [9.17, 15) is 13.2 Å². The quantitative estimate of drug-likeness (QED) is 0.696. The number of aryl methyl sites for hydroxylation is 2. The molecule has 8 nitrogen and oxygen atoms in total. The molecule has 0 atom stereocenters. The van der Waals surface area contributed by atoms with Gasteiger partial charge < -0.3 is 9.84 Å². The number of rotatable bonds is 5. The first-order valence-corrected chi connectivity index (χ1v) is 9.55. The minimum Gasteiger partial charge on any atom is -0.339 e. The van der Waals surface area contributed by atoms with Crippen LogP contribution in [0.5, 0.6) is 0 Å². The van der Waals surface area contributed by atoms with E-state index in [0.29, 0.717) is 34.2 Å². The van der Waals surface area contributed by atoms with Crippen molar-refractivity contribution in [3.63, 3.8) is 0 Å². The van der Waals surface area contributed by atoms with Crippen molar-refractivity contribution in [3.05, 3.63) is 53.9 Å². The van der Waals surface area contributed by atoms with Crippen molar-refractivity contribution < 1.29 is 17.7 Å². The van der Waals surface area contributed by atoms with Crippen LogP contribution in [0.1, 0.15) is 18.4 Å². The van der Waals surface area contributed by atoms with Crippen LogP contribution in [0.25, 0.3) is 11.4 Å². The van der Waals surface area contributed by atoms with E-state index in [1.165, 1.54) is 13.0 Å². The van der Waals surface area contributed by atoms with Gasteiger partial charge in [-0.25, -0.2) is 8.42 Å². The predicted molar refractivity (Wildman–Crippen MR) is 101 cm³/mol. The molecule has 0 fully saturated rings. The molecular weight excluding hydrogens is 368 g/mol. The maximum absolute atomic E-state index is 12.8. The number of aromatic nitrogens is 2. The average Bonchev–Trinajstić information content (AvgIpc) is 3.02. The largest absolute Gasteiger partial charge is 0.339 e. The van der Waals surface area contributed by atoms with Crippen molar-refractivity contribution in [2.45, 2.75) is 25.7 Å². The average molecular weight is 386 g/mol. The van der Waals surface area contributed by atoms with E-state index in [0.717, 1.165) is 0 Å². The second-order valence-corrected chi connectivity index (χ2v) is 7.63. The summed E-state index contributed by atoms with van der Waals surface area (Å²) in [5.74, 6) is 0.517. The molecule has 0 aliphatic rings. The van der Waals surface area contributed by atoms with Gasteiger partial charge in [-0.1, -0.05) is 17.3 Å². The van der Waals surface area contributed by atoms with E-state index in [2.05, 4.69) is 20.2 Å². The number of anilines is 2. The minimum atomic E-state index is -3.83. The van der Waals surface area contributed by atoms with E-state index in [1.54, 1.807) is 50.2 Å². The van der Waals surface area contributed by atoms with Crippen LogP contribution in [0, 0.1) is 13.8 Å². The molecule has 2 aromatic carbocycles. The molecule has 140 valence electrons. The summed E-state index contributed by atoms with van der Waals surface area (Å²) in [6.45, 7) is 4.77. The van der Waals surface area contributed by atoms with Gasteiger partial charge in [0.25, 0.3) is 10.0 Å². The minimum absolute atomic E-state index is 0.119. The number of benzene rings is 2. The van der Waals surface area contributed by atoms with E-state index in [4.69, 9.17) is 4.52 Å². The Kier molecular flexibility index (Phi) is 4.95.